The summed E-state index contributed by atoms with van der Waals surface area (Å²) in [6, 6.07) is 9.43. The topological polar surface area (TPSA) is 81.5 Å². The lowest BCUT2D eigenvalue weighted by atomic mass is 10.2. The standard InChI is InChI=1S/C14H11FN2O4/c1-9(18)16-10-2-5-12(6-3-10)21-14-7-4-11(17(19)20)8-13(14)15/h2-8H,1H3,(H,16,18). The van der Waals surface area contributed by atoms with Crippen LogP contribution < -0.4 is 10.1 Å². The molecule has 2 aromatic carbocycles. The quantitative estimate of drug-likeness (QED) is 0.690. The predicted molar refractivity (Wildman–Crippen MR) is 73.9 cm³/mol. The predicted octanol–water partition coefficient (Wildman–Crippen LogP) is 3.48. The van der Waals surface area contributed by atoms with Crippen molar-refractivity contribution in [1.82, 2.24) is 0 Å². The number of hydrogen-bond acceptors (Lipinski definition) is 4. The number of anilines is 1. The van der Waals surface area contributed by atoms with E-state index in [1.165, 1.54) is 13.0 Å². The number of rotatable bonds is 4. The Bertz CT molecular complexity index is 686. The summed E-state index contributed by atoms with van der Waals surface area (Å²) in [5.41, 5.74) is 0.236. The molecule has 0 fully saturated rings. The molecule has 0 radical (unpaired) electrons. The molecule has 0 aliphatic rings. The number of nitrogens with zero attached hydrogens (tertiary/aromatic N) is 1. The van der Waals surface area contributed by atoms with Crippen LogP contribution in [0.1, 0.15) is 6.92 Å². The number of hydrogen-bond donors (Lipinski definition) is 1. The summed E-state index contributed by atoms with van der Waals surface area (Å²) in [6.07, 6.45) is 0. The molecule has 1 amide bonds. The van der Waals surface area contributed by atoms with E-state index < -0.39 is 10.7 Å². The van der Waals surface area contributed by atoms with E-state index in [2.05, 4.69) is 5.32 Å². The van der Waals surface area contributed by atoms with Gasteiger partial charge in [-0.2, -0.15) is 0 Å². The van der Waals surface area contributed by atoms with Gasteiger partial charge in [-0.15, -0.1) is 0 Å². The molecule has 0 saturated carbocycles. The van der Waals surface area contributed by atoms with Gasteiger partial charge in [-0.25, -0.2) is 4.39 Å². The van der Waals surface area contributed by atoms with Gasteiger partial charge >= 0.3 is 0 Å². The van der Waals surface area contributed by atoms with Crippen LogP contribution in [0, 0.1) is 15.9 Å². The number of halogens is 1. The fraction of sp³-hybridized carbons (Fsp3) is 0.0714. The summed E-state index contributed by atoms with van der Waals surface area (Å²) in [5.74, 6) is -0.801. The number of amides is 1. The van der Waals surface area contributed by atoms with Crippen LogP contribution in [0.4, 0.5) is 15.8 Å². The zero-order chi connectivity index (χ0) is 15.4. The van der Waals surface area contributed by atoms with Crippen molar-refractivity contribution in [3.05, 3.63) is 58.4 Å². The second kappa shape index (κ2) is 6.00. The van der Waals surface area contributed by atoms with E-state index in [1.807, 2.05) is 0 Å². The number of non-ortho nitro benzene ring substituents is 1. The van der Waals surface area contributed by atoms with Crippen LogP contribution in [-0.4, -0.2) is 10.8 Å². The SMILES string of the molecule is CC(=O)Nc1ccc(Oc2ccc([N+](=O)[O-])cc2F)cc1. The van der Waals surface area contributed by atoms with Gasteiger partial charge in [0.05, 0.1) is 11.0 Å². The first-order valence-corrected chi connectivity index (χ1v) is 5.95. The highest BCUT2D eigenvalue weighted by Gasteiger charge is 2.12. The first-order chi connectivity index (χ1) is 9.95. The maximum absolute atomic E-state index is 13.7. The Labute approximate surface area is 119 Å². The van der Waals surface area contributed by atoms with Crippen molar-refractivity contribution in [2.75, 3.05) is 5.32 Å². The van der Waals surface area contributed by atoms with Crippen LogP contribution in [0.3, 0.4) is 0 Å². The molecule has 108 valence electrons. The first-order valence-electron chi connectivity index (χ1n) is 5.95. The molecular weight excluding hydrogens is 279 g/mol. The highest BCUT2D eigenvalue weighted by molar-refractivity contribution is 5.88. The molecule has 21 heavy (non-hydrogen) atoms. The molecule has 0 heterocycles. The van der Waals surface area contributed by atoms with Crippen molar-refractivity contribution >= 4 is 17.3 Å². The Balaban J connectivity index is 2.14. The lowest BCUT2D eigenvalue weighted by Crippen LogP contribution is -2.05. The summed E-state index contributed by atoms with van der Waals surface area (Å²) in [5, 5.41) is 13.1. The molecule has 0 bridgehead atoms. The number of carbonyl (C=O) groups is 1. The Hall–Kier alpha value is -2.96. The van der Waals surface area contributed by atoms with Gasteiger partial charge in [0.25, 0.3) is 5.69 Å². The molecule has 0 atom stereocenters. The summed E-state index contributed by atoms with van der Waals surface area (Å²) in [6.45, 7) is 1.39. The van der Waals surface area contributed by atoms with Crippen LogP contribution >= 0.6 is 0 Å². The van der Waals surface area contributed by atoms with E-state index in [1.54, 1.807) is 24.3 Å². The monoisotopic (exact) mass is 290 g/mol. The van der Waals surface area contributed by atoms with Gasteiger partial charge in [0.1, 0.15) is 5.75 Å². The molecule has 1 N–H and O–H groups in total. The Kier molecular flexibility index (Phi) is 4.13. The average Bonchev–Trinajstić information content (AvgIpc) is 2.42. The molecule has 6 nitrogen and oxygen atoms in total. The maximum Gasteiger partial charge on any atom is 0.272 e. The van der Waals surface area contributed by atoms with E-state index in [9.17, 15) is 19.3 Å². The number of ether oxygens (including phenoxy) is 1. The second-order valence-corrected chi connectivity index (χ2v) is 4.18. The smallest absolute Gasteiger partial charge is 0.272 e. The number of nitrogens with one attached hydrogen (secondary N) is 1. The summed E-state index contributed by atoms with van der Waals surface area (Å²) < 4.78 is 19.0. The number of nitro groups is 1. The van der Waals surface area contributed by atoms with Crippen LogP contribution in [0.2, 0.25) is 0 Å². The van der Waals surface area contributed by atoms with Crippen LogP contribution in [0.15, 0.2) is 42.5 Å². The molecule has 0 aromatic heterocycles. The van der Waals surface area contributed by atoms with Gasteiger partial charge < -0.3 is 10.1 Å². The van der Waals surface area contributed by atoms with E-state index in [-0.39, 0.29) is 17.3 Å². The lowest BCUT2D eigenvalue weighted by Gasteiger charge is -2.08. The first kappa shape index (κ1) is 14.4. The lowest BCUT2D eigenvalue weighted by molar-refractivity contribution is -0.385. The van der Waals surface area contributed by atoms with Crippen LogP contribution in [-0.2, 0) is 4.79 Å². The number of carbonyl (C=O) groups excluding carboxylic acids is 1. The van der Waals surface area contributed by atoms with Crippen molar-refractivity contribution in [2.24, 2.45) is 0 Å². The largest absolute Gasteiger partial charge is 0.454 e. The fourth-order valence-corrected chi connectivity index (χ4v) is 1.62. The van der Waals surface area contributed by atoms with Crippen LogP contribution in [0.25, 0.3) is 0 Å². The molecule has 2 aromatic rings. The Morgan fingerprint density at radius 2 is 1.90 bits per heavy atom. The van der Waals surface area contributed by atoms with E-state index >= 15 is 0 Å². The van der Waals surface area contributed by atoms with Crippen molar-refractivity contribution in [3.63, 3.8) is 0 Å². The maximum atomic E-state index is 13.7. The van der Waals surface area contributed by atoms with Crippen LogP contribution in [0.5, 0.6) is 11.5 Å². The van der Waals surface area contributed by atoms with Gasteiger partial charge in [-0.05, 0) is 30.3 Å². The third-order valence-electron chi connectivity index (χ3n) is 2.53. The van der Waals surface area contributed by atoms with Gasteiger partial charge in [-0.1, -0.05) is 0 Å². The summed E-state index contributed by atoms with van der Waals surface area (Å²) in [4.78, 5) is 20.7. The van der Waals surface area contributed by atoms with Crippen molar-refractivity contribution in [3.8, 4) is 11.5 Å². The van der Waals surface area contributed by atoms with Gasteiger partial charge in [-0.3, -0.25) is 14.9 Å². The molecule has 7 heteroatoms. The molecule has 0 saturated heterocycles. The van der Waals surface area contributed by atoms with E-state index in [0.29, 0.717) is 11.4 Å². The average molecular weight is 290 g/mol. The summed E-state index contributed by atoms with van der Waals surface area (Å²) in [7, 11) is 0. The van der Waals surface area contributed by atoms with E-state index in [0.717, 1.165) is 12.1 Å². The Morgan fingerprint density at radius 3 is 2.43 bits per heavy atom. The molecule has 2 rings (SSSR count). The minimum Gasteiger partial charge on any atom is -0.454 e. The molecular formula is C14H11FN2O4. The Morgan fingerprint density at radius 1 is 1.24 bits per heavy atom. The van der Waals surface area contributed by atoms with Crippen molar-refractivity contribution in [1.29, 1.82) is 0 Å². The molecule has 0 aliphatic heterocycles. The zero-order valence-electron chi connectivity index (χ0n) is 11.0. The van der Waals surface area contributed by atoms with Crippen molar-refractivity contribution < 1.29 is 18.8 Å². The highest BCUT2D eigenvalue weighted by atomic mass is 19.1. The fourth-order valence-electron chi connectivity index (χ4n) is 1.62. The number of nitro benzene ring substituents is 1. The third kappa shape index (κ3) is 3.75. The van der Waals surface area contributed by atoms with E-state index in [4.69, 9.17) is 4.74 Å². The normalized spacial score (nSPS) is 10.0. The highest BCUT2D eigenvalue weighted by Crippen LogP contribution is 2.28. The minimum absolute atomic E-state index is 0.118. The molecule has 0 aliphatic carbocycles. The van der Waals surface area contributed by atoms with Gasteiger partial charge in [0.15, 0.2) is 11.6 Å². The van der Waals surface area contributed by atoms with Gasteiger partial charge in [0, 0.05) is 18.7 Å². The zero-order valence-corrected chi connectivity index (χ0v) is 11.0. The molecule has 0 spiro atoms. The minimum atomic E-state index is -0.824. The number of benzene rings is 2. The third-order valence-corrected chi connectivity index (χ3v) is 2.53. The van der Waals surface area contributed by atoms with Crippen molar-refractivity contribution in [2.45, 2.75) is 6.92 Å². The summed E-state index contributed by atoms with van der Waals surface area (Å²) >= 11 is 0. The van der Waals surface area contributed by atoms with Gasteiger partial charge in [0.2, 0.25) is 5.91 Å². The second-order valence-electron chi connectivity index (χ2n) is 4.18. The molecule has 0 unspecified atom stereocenters.